The summed E-state index contributed by atoms with van der Waals surface area (Å²) in [6.07, 6.45) is 5.51. The zero-order valence-corrected chi connectivity index (χ0v) is 20.5. The first kappa shape index (κ1) is 24.9. The number of carbonyl (C=O) groups excluding carboxylic acids is 2. The van der Waals surface area contributed by atoms with Crippen LogP contribution in [0.25, 0.3) is 0 Å². The maximum Gasteiger partial charge on any atom is 0.243 e. The van der Waals surface area contributed by atoms with Gasteiger partial charge in [0.15, 0.2) is 0 Å². The average molecular weight is 496 g/mol. The van der Waals surface area contributed by atoms with Gasteiger partial charge in [-0.3, -0.25) is 9.59 Å². The molecule has 2 aromatic carbocycles. The molecule has 32 heavy (non-hydrogen) atoms. The zero-order chi connectivity index (χ0) is 23.1. The molecular formula is C25H29Cl3N2O2. The smallest absolute Gasteiger partial charge is 0.243 e. The minimum Gasteiger partial charge on any atom is -0.352 e. The number of halogens is 3. The van der Waals surface area contributed by atoms with Gasteiger partial charge in [-0.1, -0.05) is 78.8 Å². The summed E-state index contributed by atoms with van der Waals surface area (Å²) in [5.41, 5.74) is 1.67. The molecule has 2 aromatic rings. The van der Waals surface area contributed by atoms with Crippen molar-refractivity contribution in [2.75, 3.05) is 0 Å². The summed E-state index contributed by atoms with van der Waals surface area (Å²) in [4.78, 5) is 28.2. The van der Waals surface area contributed by atoms with Crippen LogP contribution in [0.15, 0.2) is 42.5 Å². The summed E-state index contributed by atoms with van der Waals surface area (Å²) in [6, 6.07) is 12.3. The molecule has 0 bridgehead atoms. The van der Waals surface area contributed by atoms with Gasteiger partial charge in [-0.05, 0) is 55.0 Å². The number of nitrogens with one attached hydrogen (secondary N) is 1. The molecule has 0 radical (unpaired) electrons. The van der Waals surface area contributed by atoms with E-state index in [1.165, 1.54) is 0 Å². The Balaban J connectivity index is 1.80. The number of hydrogen-bond acceptors (Lipinski definition) is 2. The van der Waals surface area contributed by atoms with Gasteiger partial charge in [0.1, 0.15) is 6.04 Å². The van der Waals surface area contributed by atoms with Crippen LogP contribution < -0.4 is 5.32 Å². The molecule has 3 rings (SSSR count). The van der Waals surface area contributed by atoms with Crippen molar-refractivity contribution in [2.24, 2.45) is 0 Å². The molecule has 2 amide bonds. The molecule has 1 aliphatic carbocycles. The standard InChI is InChI=1S/C25H29Cl3N2O2/c1-2-23(25(32)29-20-8-4-5-9-20)30(16-18-11-13-19(26)15-22(18)28)24(31)14-12-17-7-3-6-10-21(17)27/h3,6-7,10-11,13,15,20,23H,2,4-5,8-9,12,14,16H2,1H3,(H,29,32). The van der Waals surface area contributed by atoms with Crippen molar-refractivity contribution in [3.05, 3.63) is 68.7 Å². The molecule has 1 atom stereocenters. The van der Waals surface area contributed by atoms with E-state index in [1.54, 1.807) is 23.1 Å². The van der Waals surface area contributed by atoms with Crippen molar-refractivity contribution >= 4 is 46.6 Å². The van der Waals surface area contributed by atoms with Gasteiger partial charge in [-0.15, -0.1) is 0 Å². The Hall–Kier alpha value is -1.75. The first-order valence-corrected chi connectivity index (χ1v) is 12.3. The Morgan fingerprint density at radius 3 is 2.41 bits per heavy atom. The van der Waals surface area contributed by atoms with E-state index in [2.05, 4.69) is 5.32 Å². The largest absolute Gasteiger partial charge is 0.352 e. The van der Waals surface area contributed by atoms with Gasteiger partial charge < -0.3 is 10.2 Å². The van der Waals surface area contributed by atoms with E-state index in [9.17, 15) is 9.59 Å². The van der Waals surface area contributed by atoms with E-state index >= 15 is 0 Å². The second-order valence-corrected chi connectivity index (χ2v) is 9.51. The first-order chi connectivity index (χ1) is 15.4. The molecule has 0 spiro atoms. The van der Waals surface area contributed by atoms with Crippen LogP contribution in [-0.4, -0.2) is 28.8 Å². The van der Waals surface area contributed by atoms with Crippen LogP contribution in [0.5, 0.6) is 0 Å². The minimum atomic E-state index is -0.568. The van der Waals surface area contributed by atoms with Crippen LogP contribution in [-0.2, 0) is 22.6 Å². The monoisotopic (exact) mass is 494 g/mol. The number of amides is 2. The van der Waals surface area contributed by atoms with Crippen LogP contribution in [0.3, 0.4) is 0 Å². The first-order valence-electron chi connectivity index (χ1n) is 11.2. The van der Waals surface area contributed by atoms with Gasteiger partial charge in [0.05, 0.1) is 0 Å². The highest BCUT2D eigenvalue weighted by atomic mass is 35.5. The summed E-state index contributed by atoms with van der Waals surface area (Å²) in [5, 5.41) is 4.80. The summed E-state index contributed by atoms with van der Waals surface area (Å²) < 4.78 is 0. The molecule has 1 fully saturated rings. The van der Waals surface area contributed by atoms with E-state index in [1.807, 2.05) is 31.2 Å². The molecule has 0 heterocycles. The fourth-order valence-corrected chi connectivity index (χ4v) is 4.91. The minimum absolute atomic E-state index is 0.101. The molecule has 0 aromatic heterocycles. The molecule has 172 valence electrons. The van der Waals surface area contributed by atoms with Gasteiger partial charge in [0, 0.05) is 34.1 Å². The maximum atomic E-state index is 13.4. The number of hydrogen-bond donors (Lipinski definition) is 1. The number of carbonyl (C=O) groups is 2. The molecule has 4 nitrogen and oxygen atoms in total. The second-order valence-electron chi connectivity index (χ2n) is 8.26. The predicted octanol–water partition coefficient (Wildman–Crippen LogP) is 6.45. The van der Waals surface area contributed by atoms with Crippen LogP contribution in [0, 0.1) is 0 Å². The van der Waals surface area contributed by atoms with Crippen molar-refractivity contribution < 1.29 is 9.59 Å². The number of benzene rings is 2. The Morgan fingerprint density at radius 2 is 1.75 bits per heavy atom. The molecule has 1 N–H and O–H groups in total. The lowest BCUT2D eigenvalue weighted by Gasteiger charge is -2.32. The van der Waals surface area contributed by atoms with Crippen LogP contribution in [0.4, 0.5) is 0 Å². The Morgan fingerprint density at radius 1 is 1.03 bits per heavy atom. The van der Waals surface area contributed by atoms with Crippen LogP contribution in [0.2, 0.25) is 15.1 Å². The van der Waals surface area contributed by atoms with Crippen LogP contribution in [0.1, 0.15) is 56.6 Å². The van der Waals surface area contributed by atoms with Crippen molar-refractivity contribution in [1.29, 1.82) is 0 Å². The number of rotatable bonds is 9. The molecular weight excluding hydrogens is 467 g/mol. The quantitative estimate of drug-likeness (QED) is 0.435. The predicted molar refractivity (Wildman–Crippen MR) is 131 cm³/mol. The van der Waals surface area contributed by atoms with Gasteiger partial charge >= 0.3 is 0 Å². The third-order valence-electron chi connectivity index (χ3n) is 6.01. The van der Waals surface area contributed by atoms with Gasteiger partial charge in [0.2, 0.25) is 11.8 Å². The Labute approximate surface area is 205 Å². The summed E-state index contributed by atoms with van der Waals surface area (Å²) in [7, 11) is 0. The average Bonchev–Trinajstić information content (AvgIpc) is 3.27. The topological polar surface area (TPSA) is 49.4 Å². The third-order valence-corrected chi connectivity index (χ3v) is 6.96. The van der Waals surface area contributed by atoms with E-state index < -0.39 is 6.04 Å². The fourth-order valence-electron chi connectivity index (χ4n) is 4.21. The molecule has 1 unspecified atom stereocenters. The summed E-state index contributed by atoms with van der Waals surface area (Å²) >= 11 is 18.7. The lowest BCUT2D eigenvalue weighted by molar-refractivity contribution is -0.141. The number of aryl methyl sites for hydroxylation is 1. The third kappa shape index (κ3) is 6.63. The highest BCUT2D eigenvalue weighted by molar-refractivity contribution is 6.35. The number of nitrogens with zero attached hydrogens (tertiary/aromatic N) is 1. The van der Waals surface area contributed by atoms with E-state index in [-0.39, 0.29) is 30.8 Å². The van der Waals surface area contributed by atoms with Gasteiger partial charge in [-0.25, -0.2) is 0 Å². The van der Waals surface area contributed by atoms with Gasteiger partial charge in [-0.2, -0.15) is 0 Å². The van der Waals surface area contributed by atoms with Gasteiger partial charge in [0.25, 0.3) is 0 Å². The summed E-state index contributed by atoms with van der Waals surface area (Å²) in [6.45, 7) is 2.17. The van der Waals surface area contributed by atoms with E-state index in [0.29, 0.717) is 27.9 Å². The SMILES string of the molecule is CCC(C(=O)NC1CCCC1)N(Cc1ccc(Cl)cc1Cl)C(=O)CCc1ccccc1Cl. The lowest BCUT2D eigenvalue weighted by atomic mass is 10.1. The Kier molecular flexibility index (Phi) is 9.27. The molecule has 1 aliphatic rings. The zero-order valence-electron chi connectivity index (χ0n) is 18.3. The Bertz CT molecular complexity index is 945. The fraction of sp³-hybridized carbons (Fsp3) is 0.440. The van der Waals surface area contributed by atoms with E-state index in [4.69, 9.17) is 34.8 Å². The van der Waals surface area contributed by atoms with E-state index in [0.717, 1.165) is 36.8 Å². The molecule has 7 heteroatoms. The second kappa shape index (κ2) is 11.9. The molecule has 0 aliphatic heterocycles. The lowest BCUT2D eigenvalue weighted by Crippen LogP contribution is -2.51. The maximum absolute atomic E-state index is 13.4. The molecule has 0 saturated heterocycles. The van der Waals surface area contributed by atoms with Crippen LogP contribution >= 0.6 is 34.8 Å². The molecule has 1 saturated carbocycles. The van der Waals surface area contributed by atoms with Crippen molar-refractivity contribution in [1.82, 2.24) is 10.2 Å². The highest BCUT2D eigenvalue weighted by Crippen LogP contribution is 2.25. The normalized spacial score (nSPS) is 14.9. The highest BCUT2D eigenvalue weighted by Gasteiger charge is 2.30. The van der Waals surface area contributed by atoms with Crippen molar-refractivity contribution in [3.8, 4) is 0 Å². The summed E-state index contributed by atoms with van der Waals surface area (Å²) in [5.74, 6) is -0.208. The van der Waals surface area contributed by atoms with Crippen molar-refractivity contribution in [3.63, 3.8) is 0 Å². The van der Waals surface area contributed by atoms with Crippen molar-refractivity contribution in [2.45, 2.75) is 70.5 Å².